The van der Waals surface area contributed by atoms with Crippen LogP contribution in [-0.4, -0.2) is 33.4 Å². The van der Waals surface area contributed by atoms with Crippen LogP contribution in [0.5, 0.6) is 5.75 Å². The van der Waals surface area contributed by atoms with Crippen molar-refractivity contribution in [3.63, 3.8) is 0 Å². The Balaban J connectivity index is 2.21. The molecule has 0 aromatic heterocycles. The van der Waals surface area contributed by atoms with Gasteiger partial charge in [0.25, 0.3) is 0 Å². The van der Waals surface area contributed by atoms with E-state index in [1.165, 1.54) is 5.56 Å². The molecule has 0 heterocycles. The fourth-order valence-electron chi connectivity index (χ4n) is 2.87. The molecule has 0 aliphatic heterocycles. The second kappa shape index (κ2) is 8.89. The van der Waals surface area contributed by atoms with Crippen LogP contribution in [0.2, 0.25) is 0 Å². The van der Waals surface area contributed by atoms with Crippen molar-refractivity contribution in [3.05, 3.63) is 65.2 Å². The maximum atomic E-state index is 12.6. The van der Waals surface area contributed by atoms with Crippen LogP contribution in [0.4, 0.5) is 0 Å². The summed E-state index contributed by atoms with van der Waals surface area (Å²) >= 11 is 0. The first-order valence-electron chi connectivity index (χ1n) is 9.85. The van der Waals surface area contributed by atoms with Crippen LogP contribution >= 0.6 is 0 Å². The minimum atomic E-state index is -0.117. The largest absolute Gasteiger partial charge is 0.508 e. The Kier molecular flexibility index (Phi) is 7.02. The molecule has 2 aromatic rings. The first-order valence-corrected chi connectivity index (χ1v) is 9.85. The first kappa shape index (κ1) is 22.1. The van der Waals surface area contributed by atoms with Gasteiger partial charge in [0.2, 0.25) is 0 Å². The molecule has 0 fully saturated rings. The number of rotatable bonds is 7. The van der Waals surface area contributed by atoms with Crippen molar-refractivity contribution >= 4 is 5.78 Å². The van der Waals surface area contributed by atoms with E-state index in [1.807, 2.05) is 45.0 Å². The zero-order chi connectivity index (χ0) is 20.9. The molecule has 2 rings (SSSR count). The van der Waals surface area contributed by atoms with Gasteiger partial charge in [-0.2, -0.15) is 0 Å². The van der Waals surface area contributed by atoms with E-state index in [1.54, 1.807) is 12.1 Å². The molecule has 0 saturated heterocycles. The average molecular weight is 383 g/mol. The molecule has 0 atom stereocenters. The van der Waals surface area contributed by atoms with E-state index in [-0.39, 0.29) is 29.2 Å². The number of phenolic OH excluding ortho intramolecular Hbond substituents is 1. The van der Waals surface area contributed by atoms with Gasteiger partial charge in [0.05, 0.1) is 6.54 Å². The number of carbonyl (C=O) groups is 1. The van der Waals surface area contributed by atoms with Crippen molar-refractivity contribution in [3.8, 4) is 5.75 Å². The lowest BCUT2D eigenvalue weighted by atomic mass is 10.0. The average Bonchev–Trinajstić information content (AvgIpc) is 2.60. The molecule has 2 aromatic carbocycles. The number of ketones is 1. The van der Waals surface area contributed by atoms with Crippen LogP contribution in [-0.2, 0) is 13.1 Å². The number of phenols is 1. The third kappa shape index (κ3) is 6.77. The number of carbonyl (C=O) groups excluding carboxylic acids is 1. The highest BCUT2D eigenvalue weighted by molar-refractivity contribution is 5.98. The highest BCUT2D eigenvalue weighted by Crippen LogP contribution is 2.26. The lowest BCUT2D eigenvalue weighted by molar-refractivity contribution is 0.0981. The van der Waals surface area contributed by atoms with Crippen LogP contribution in [0, 0.1) is 0 Å². The molecule has 0 bridgehead atoms. The Labute approximate surface area is 169 Å². The molecular formula is C24H34N2O2. The Hall–Kier alpha value is -2.17. The summed E-state index contributed by atoms with van der Waals surface area (Å²) in [5.74, 6) is 0.254. The second-order valence-corrected chi connectivity index (χ2v) is 9.38. The van der Waals surface area contributed by atoms with Crippen molar-refractivity contribution < 1.29 is 9.90 Å². The van der Waals surface area contributed by atoms with Crippen LogP contribution < -0.4 is 5.32 Å². The molecule has 0 unspecified atom stereocenters. The van der Waals surface area contributed by atoms with Gasteiger partial charge in [0.1, 0.15) is 5.75 Å². The zero-order valence-corrected chi connectivity index (χ0v) is 18.0. The summed E-state index contributed by atoms with van der Waals surface area (Å²) in [7, 11) is 0. The first-order chi connectivity index (χ1) is 13.0. The fourth-order valence-corrected chi connectivity index (χ4v) is 2.87. The minimum Gasteiger partial charge on any atom is -0.508 e. The second-order valence-electron chi connectivity index (χ2n) is 9.38. The number of hydrogen-bond donors (Lipinski definition) is 2. The molecule has 2 N–H and O–H groups in total. The van der Waals surface area contributed by atoms with E-state index in [4.69, 9.17) is 0 Å². The van der Waals surface area contributed by atoms with Gasteiger partial charge in [-0.1, -0.05) is 30.3 Å². The van der Waals surface area contributed by atoms with E-state index in [2.05, 4.69) is 43.1 Å². The van der Waals surface area contributed by atoms with Gasteiger partial charge < -0.3 is 10.4 Å². The quantitative estimate of drug-likeness (QED) is 0.678. The van der Waals surface area contributed by atoms with E-state index in [0.29, 0.717) is 12.1 Å². The van der Waals surface area contributed by atoms with Crippen molar-refractivity contribution in [2.75, 3.05) is 6.54 Å². The summed E-state index contributed by atoms with van der Waals surface area (Å²) in [5, 5.41) is 13.6. The van der Waals surface area contributed by atoms with Gasteiger partial charge in [-0.25, -0.2) is 0 Å². The minimum absolute atomic E-state index is 0.0292. The fraction of sp³-hybridized carbons (Fsp3) is 0.458. The maximum Gasteiger partial charge on any atom is 0.176 e. The lowest BCUT2D eigenvalue weighted by Gasteiger charge is -2.36. The summed E-state index contributed by atoms with van der Waals surface area (Å²) in [5.41, 5.74) is 2.41. The van der Waals surface area contributed by atoms with Gasteiger partial charge in [-0.15, -0.1) is 0 Å². The number of hydrogen-bond acceptors (Lipinski definition) is 4. The highest BCUT2D eigenvalue weighted by Gasteiger charge is 2.23. The van der Waals surface area contributed by atoms with E-state index >= 15 is 0 Å². The van der Waals surface area contributed by atoms with E-state index in [0.717, 1.165) is 12.1 Å². The third-order valence-electron chi connectivity index (χ3n) is 4.71. The number of Topliss-reactive ketones (excluding diaryl/α,β-unsaturated/α-hetero) is 1. The van der Waals surface area contributed by atoms with Gasteiger partial charge in [0.15, 0.2) is 5.78 Å². The Morgan fingerprint density at radius 2 is 1.61 bits per heavy atom. The smallest absolute Gasteiger partial charge is 0.176 e. The van der Waals surface area contributed by atoms with Crippen molar-refractivity contribution in [1.29, 1.82) is 0 Å². The summed E-state index contributed by atoms with van der Waals surface area (Å²) in [6.07, 6.45) is 0. The molecule has 0 aliphatic rings. The summed E-state index contributed by atoms with van der Waals surface area (Å²) in [6.45, 7) is 14.2. The zero-order valence-electron chi connectivity index (χ0n) is 18.0. The SMILES string of the molecule is CC(C)(C)NCC(=O)c1ccc(O)c(CN(Cc2ccccc2)C(C)(C)C)c1. The summed E-state index contributed by atoms with van der Waals surface area (Å²) in [4.78, 5) is 14.9. The molecule has 0 aliphatic carbocycles. The van der Waals surface area contributed by atoms with Crippen LogP contribution in [0.3, 0.4) is 0 Å². The highest BCUT2D eigenvalue weighted by atomic mass is 16.3. The summed E-state index contributed by atoms with van der Waals surface area (Å²) in [6, 6.07) is 15.5. The van der Waals surface area contributed by atoms with Gasteiger partial charge in [-0.3, -0.25) is 9.69 Å². The standard InChI is InChI=1S/C24H34N2O2/c1-23(2,3)25-15-22(28)19-12-13-21(27)20(14-19)17-26(24(4,5)6)16-18-10-8-7-9-11-18/h7-14,25,27H,15-17H2,1-6H3. The molecule has 4 heteroatoms. The predicted octanol–water partition coefficient (Wildman–Crippen LogP) is 4.76. The lowest BCUT2D eigenvalue weighted by Crippen LogP contribution is -2.40. The van der Waals surface area contributed by atoms with Gasteiger partial charge in [-0.05, 0) is 65.3 Å². The number of nitrogens with zero attached hydrogens (tertiary/aromatic N) is 1. The molecular weight excluding hydrogens is 348 g/mol. The van der Waals surface area contributed by atoms with Crippen LogP contribution in [0.15, 0.2) is 48.5 Å². The van der Waals surface area contributed by atoms with Crippen LogP contribution in [0.25, 0.3) is 0 Å². The van der Waals surface area contributed by atoms with Crippen molar-refractivity contribution in [2.45, 2.75) is 65.7 Å². The topological polar surface area (TPSA) is 52.6 Å². The molecule has 0 radical (unpaired) electrons. The molecule has 0 amide bonds. The molecule has 0 spiro atoms. The van der Waals surface area contributed by atoms with Gasteiger partial charge in [0, 0.05) is 35.3 Å². The van der Waals surface area contributed by atoms with Gasteiger partial charge >= 0.3 is 0 Å². The number of nitrogens with one attached hydrogen (secondary N) is 1. The molecule has 152 valence electrons. The predicted molar refractivity (Wildman–Crippen MR) is 116 cm³/mol. The van der Waals surface area contributed by atoms with Crippen molar-refractivity contribution in [2.24, 2.45) is 0 Å². The molecule has 0 saturated carbocycles. The Bertz CT molecular complexity index is 786. The van der Waals surface area contributed by atoms with Crippen LogP contribution in [0.1, 0.15) is 63.0 Å². The normalized spacial score (nSPS) is 12.4. The summed E-state index contributed by atoms with van der Waals surface area (Å²) < 4.78 is 0. The Morgan fingerprint density at radius 1 is 0.964 bits per heavy atom. The monoisotopic (exact) mass is 382 g/mol. The molecule has 4 nitrogen and oxygen atoms in total. The number of aromatic hydroxyl groups is 1. The van der Waals surface area contributed by atoms with E-state index in [9.17, 15) is 9.90 Å². The third-order valence-corrected chi connectivity index (χ3v) is 4.71. The number of benzene rings is 2. The Morgan fingerprint density at radius 3 is 2.18 bits per heavy atom. The van der Waals surface area contributed by atoms with E-state index < -0.39 is 0 Å². The molecule has 28 heavy (non-hydrogen) atoms. The maximum absolute atomic E-state index is 12.6. The van der Waals surface area contributed by atoms with Crippen molar-refractivity contribution in [1.82, 2.24) is 10.2 Å².